The Morgan fingerprint density at radius 3 is 2.50 bits per heavy atom. The van der Waals surface area contributed by atoms with Gasteiger partial charge in [0.05, 0.1) is 13.2 Å². The van der Waals surface area contributed by atoms with Crippen molar-refractivity contribution < 1.29 is 14.3 Å². The summed E-state index contributed by atoms with van der Waals surface area (Å²) in [5, 5.41) is 6.05. The predicted molar refractivity (Wildman–Crippen MR) is 61.1 cm³/mol. The van der Waals surface area contributed by atoms with E-state index in [0.717, 1.165) is 26.2 Å². The molecule has 0 bridgehead atoms. The highest BCUT2D eigenvalue weighted by molar-refractivity contribution is 5.78. The minimum atomic E-state index is 0.203. The molecule has 16 heavy (non-hydrogen) atoms. The van der Waals surface area contributed by atoms with Crippen LogP contribution in [-0.2, 0) is 14.3 Å². The fourth-order valence-corrected chi connectivity index (χ4v) is 1.25. The third kappa shape index (κ3) is 7.19. The van der Waals surface area contributed by atoms with Gasteiger partial charge in [-0.3, -0.25) is 9.59 Å². The van der Waals surface area contributed by atoms with Gasteiger partial charge >= 0.3 is 0 Å². The van der Waals surface area contributed by atoms with Crippen molar-refractivity contribution in [3.8, 4) is 0 Å². The molecule has 0 spiro atoms. The minimum Gasteiger partial charge on any atom is -0.468 e. The molecule has 0 aromatic heterocycles. The third-order valence-corrected chi connectivity index (χ3v) is 2.03. The zero-order valence-electron chi connectivity index (χ0n) is 9.99. The third-order valence-electron chi connectivity index (χ3n) is 2.03. The Labute approximate surface area is 96.3 Å². The summed E-state index contributed by atoms with van der Waals surface area (Å²) in [6.07, 6.45) is 0. The van der Waals surface area contributed by atoms with Gasteiger partial charge in [-0.15, -0.1) is 0 Å². The van der Waals surface area contributed by atoms with Crippen molar-refractivity contribution in [1.82, 2.24) is 15.5 Å². The van der Waals surface area contributed by atoms with Crippen molar-refractivity contribution in [3.05, 3.63) is 0 Å². The molecule has 0 atom stereocenters. The second-order valence-corrected chi connectivity index (χ2v) is 3.21. The van der Waals surface area contributed by atoms with Gasteiger partial charge in [0.2, 0.25) is 5.91 Å². The lowest BCUT2D eigenvalue weighted by Crippen LogP contribution is -2.48. The Kier molecular flexibility index (Phi) is 9.64. The van der Waals surface area contributed by atoms with Crippen molar-refractivity contribution in [3.63, 3.8) is 0 Å². The number of nitrogens with zero attached hydrogens (tertiary/aromatic N) is 1. The Morgan fingerprint density at radius 2 is 2.12 bits per heavy atom. The fraction of sp³-hybridized carbons (Fsp3) is 0.800. The van der Waals surface area contributed by atoms with Crippen molar-refractivity contribution in [2.75, 3.05) is 46.4 Å². The van der Waals surface area contributed by atoms with Gasteiger partial charge in [0, 0.05) is 26.2 Å². The zero-order valence-corrected chi connectivity index (χ0v) is 9.99. The maximum absolute atomic E-state index is 11.2. The Bertz CT molecular complexity index is 194. The van der Waals surface area contributed by atoms with Gasteiger partial charge in [-0.2, -0.15) is 0 Å². The largest absolute Gasteiger partial charge is 0.468 e. The maximum atomic E-state index is 11.2. The van der Waals surface area contributed by atoms with Gasteiger partial charge < -0.3 is 20.3 Å². The van der Waals surface area contributed by atoms with Crippen LogP contribution in [0, 0.1) is 0 Å². The van der Waals surface area contributed by atoms with E-state index in [2.05, 4.69) is 15.4 Å². The van der Waals surface area contributed by atoms with Crippen LogP contribution in [0.5, 0.6) is 0 Å². The molecule has 1 aliphatic rings. The molecule has 1 saturated heterocycles. The Balaban J connectivity index is 0.000000385. The summed E-state index contributed by atoms with van der Waals surface area (Å²) in [6, 6.07) is 0. The number of amides is 1. The van der Waals surface area contributed by atoms with Crippen molar-refractivity contribution in [2.24, 2.45) is 0 Å². The van der Waals surface area contributed by atoms with Gasteiger partial charge in [-0.05, 0) is 14.0 Å². The first-order valence-electron chi connectivity index (χ1n) is 5.44. The lowest BCUT2D eigenvalue weighted by Gasteiger charge is -2.27. The number of carbonyl (C=O) groups is 2. The van der Waals surface area contributed by atoms with Gasteiger partial charge in [0.15, 0.2) is 0 Å². The topological polar surface area (TPSA) is 70.7 Å². The first kappa shape index (κ1) is 14.9. The van der Waals surface area contributed by atoms with E-state index in [0.29, 0.717) is 19.6 Å². The second-order valence-electron chi connectivity index (χ2n) is 3.21. The lowest BCUT2D eigenvalue weighted by atomic mass is 10.3. The number of hydrogen-bond donors (Lipinski definition) is 2. The molecule has 1 amide bonds. The highest BCUT2D eigenvalue weighted by atomic mass is 16.5. The van der Waals surface area contributed by atoms with E-state index in [1.807, 2.05) is 4.90 Å². The molecule has 0 aromatic rings. The average molecular weight is 231 g/mol. The summed E-state index contributed by atoms with van der Waals surface area (Å²) in [5.74, 6) is 0.203. The minimum absolute atomic E-state index is 0.203. The van der Waals surface area contributed by atoms with Crippen LogP contribution >= 0.6 is 0 Å². The van der Waals surface area contributed by atoms with Crippen molar-refractivity contribution >= 4 is 12.4 Å². The number of rotatable bonds is 4. The molecule has 0 radical (unpaired) electrons. The van der Waals surface area contributed by atoms with Crippen LogP contribution < -0.4 is 10.6 Å². The fourth-order valence-electron chi connectivity index (χ4n) is 1.25. The number of piperazine rings is 1. The number of likely N-dealkylation sites (N-methyl/N-ethyl adjacent to an activating group) is 1. The predicted octanol–water partition coefficient (Wildman–Crippen LogP) is -1.18. The number of carbonyl (C=O) groups excluding carboxylic acids is 2. The number of hydrogen-bond acceptors (Lipinski definition) is 5. The Morgan fingerprint density at radius 1 is 1.50 bits per heavy atom. The van der Waals surface area contributed by atoms with E-state index in [1.54, 1.807) is 14.0 Å². The summed E-state index contributed by atoms with van der Waals surface area (Å²) in [6.45, 7) is 6.67. The van der Waals surface area contributed by atoms with E-state index < -0.39 is 0 Å². The standard InChI is InChI=1S/C7H15N3O.C3H6O2/c1-8-6-7(11)10-4-2-9-3-5-10;1-2-5-3-4/h8-9H,2-6H2,1H3;3H,2H2,1H3. The zero-order chi connectivity index (χ0) is 12.2. The van der Waals surface area contributed by atoms with Crippen LogP contribution in [-0.4, -0.2) is 63.7 Å². The molecule has 0 saturated carbocycles. The molecule has 1 aliphatic heterocycles. The first-order chi connectivity index (χ1) is 7.76. The molecular weight excluding hydrogens is 210 g/mol. The molecule has 6 nitrogen and oxygen atoms in total. The molecule has 1 fully saturated rings. The van der Waals surface area contributed by atoms with E-state index in [-0.39, 0.29) is 5.91 Å². The van der Waals surface area contributed by atoms with E-state index in [1.165, 1.54) is 0 Å². The second kappa shape index (κ2) is 10.4. The molecule has 0 unspecified atom stereocenters. The van der Waals surface area contributed by atoms with E-state index >= 15 is 0 Å². The first-order valence-corrected chi connectivity index (χ1v) is 5.44. The summed E-state index contributed by atoms with van der Waals surface area (Å²) in [5.41, 5.74) is 0. The van der Waals surface area contributed by atoms with Gasteiger partial charge in [-0.25, -0.2) is 0 Å². The quantitative estimate of drug-likeness (QED) is 0.596. The van der Waals surface area contributed by atoms with Gasteiger partial charge in [0.25, 0.3) is 6.47 Å². The average Bonchev–Trinajstić information content (AvgIpc) is 2.32. The van der Waals surface area contributed by atoms with Crippen LogP contribution in [0.25, 0.3) is 0 Å². The summed E-state index contributed by atoms with van der Waals surface area (Å²) in [7, 11) is 1.79. The maximum Gasteiger partial charge on any atom is 0.293 e. The molecule has 94 valence electrons. The molecule has 1 rings (SSSR count). The highest BCUT2D eigenvalue weighted by Gasteiger charge is 2.14. The molecular formula is C10H21N3O3. The number of ether oxygens (including phenoxy) is 1. The van der Waals surface area contributed by atoms with Gasteiger partial charge in [0.1, 0.15) is 0 Å². The van der Waals surface area contributed by atoms with Crippen LogP contribution in [0.15, 0.2) is 0 Å². The summed E-state index contributed by atoms with van der Waals surface area (Å²) >= 11 is 0. The SMILES string of the molecule is CCOC=O.CNCC(=O)N1CCNCC1. The summed E-state index contributed by atoms with van der Waals surface area (Å²) in [4.78, 5) is 22.3. The van der Waals surface area contributed by atoms with Crippen molar-refractivity contribution in [1.29, 1.82) is 0 Å². The van der Waals surface area contributed by atoms with Gasteiger partial charge in [-0.1, -0.05) is 0 Å². The normalized spacial score (nSPS) is 14.8. The lowest BCUT2D eigenvalue weighted by molar-refractivity contribution is -0.130. The van der Waals surface area contributed by atoms with Crippen LogP contribution in [0.2, 0.25) is 0 Å². The molecule has 1 heterocycles. The smallest absolute Gasteiger partial charge is 0.293 e. The highest BCUT2D eigenvalue weighted by Crippen LogP contribution is 1.91. The van der Waals surface area contributed by atoms with Crippen LogP contribution in [0.1, 0.15) is 6.92 Å². The molecule has 6 heteroatoms. The summed E-state index contributed by atoms with van der Waals surface area (Å²) < 4.78 is 4.15. The Hall–Kier alpha value is -1.14. The molecule has 2 N–H and O–H groups in total. The van der Waals surface area contributed by atoms with Crippen molar-refractivity contribution in [2.45, 2.75) is 6.92 Å². The molecule has 0 aliphatic carbocycles. The number of nitrogens with one attached hydrogen (secondary N) is 2. The van der Waals surface area contributed by atoms with Crippen LogP contribution in [0.3, 0.4) is 0 Å². The monoisotopic (exact) mass is 231 g/mol. The van der Waals surface area contributed by atoms with E-state index in [4.69, 9.17) is 0 Å². The molecule has 0 aromatic carbocycles. The van der Waals surface area contributed by atoms with E-state index in [9.17, 15) is 9.59 Å². The van der Waals surface area contributed by atoms with Crippen LogP contribution in [0.4, 0.5) is 0 Å².